The summed E-state index contributed by atoms with van der Waals surface area (Å²) in [4.78, 5) is 4.65. The number of hydrogen-bond donors (Lipinski definition) is 0. The molecule has 2 aromatic heterocycles. The van der Waals surface area contributed by atoms with Gasteiger partial charge in [0, 0.05) is 11.8 Å². The Labute approximate surface area is 118 Å². The Morgan fingerprint density at radius 2 is 1.80 bits per heavy atom. The molecule has 0 aliphatic heterocycles. The number of aromatic nitrogens is 2. The van der Waals surface area contributed by atoms with Crippen LogP contribution in [0.2, 0.25) is 0 Å². The number of benzene rings is 1. The van der Waals surface area contributed by atoms with Crippen molar-refractivity contribution in [1.82, 2.24) is 9.38 Å². The minimum Gasteiger partial charge on any atom is -0.291 e. The van der Waals surface area contributed by atoms with Gasteiger partial charge in [-0.3, -0.25) is 4.40 Å². The van der Waals surface area contributed by atoms with Crippen molar-refractivity contribution < 1.29 is 0 Å². The number of fused-ring (bicyclic) bond motifs is 1. The molecule has 98 valence electrons. The molecular weight excluding hydrogens is 246 g/mol. The number of aryl methyl sites for hydroxylation is 3. The molecule has 3 heteroatoms. The summed E-state index contributed by atoms with van der Waals surface area (Å²) in [5.41, 5.74) is 6.68. The van der Waals surface area contributed by atoms with Crippen molar-refractivity contribution >= 4 is 5.65 Å². The van der Waals surface area contributed by atoms with E-state index in [2.05, 4.69) is 37.0 Å². The molecule has 0 aliphatic carbocycles. The number of rotatable bonds is 1. The van der Waals surface area contributed by atoms with Crippen LogP contribution in [0.1, 0.15) is 22.4 Å². The summed E-state index contributed by atoms with van der Waals surface area (Å²) in [6, 6.07) is 12.5. The zero-order valence-electron chi connectivity index (χ0n) is 11.8. The molecule has 0 aliphatic rings. The lowest BCUT2D eigenvalue weighted by Crippen LogP contribution is -1.90. The molecular formula is C17H15N3. The van der Waals surface area contributed by atoms with Gasteiger partial charge in [0.15, 0.2) is 5.69 Å². The van der Waals surface area contributed by atoms with Crippen LogP contribution in [0, 0.1) is 32.1 Å². The molecule has 20 heavy (non-hydrogen) atoms. The molecule has 0 atom stereocenters. The van der Waals surface area contributed by atoms with Gasteiger partial charge in [0.25, 0.3) is 0 Å². The fourth-order valence-corrected chi connectivity index (χ4v) is 2.52. The maximum absolute atomic E-state index is 9.47. The van der Waals surface area contributed by atoms with E-state index in [4.69, 9.17) is 0 Å². The normalized spacial score (nSPS) is 10.7. The number of pyridine rings is 1. The molecule has 0 spiro atoms. The first-order valence-corrected chi connectivity index (χ1v) is 6.56. The molecule has 0 saturated heterocycles. The second-order valence-corrected chi connectivity index (χ2v) is 5.17. The fraction of sp³-hybridized carbons (Fsp3) is 0.176. The standard InChI is InChI=1S/C17H15N3/c1-11-4-5-14(13(3)8-11)17-15(10-18)20-7-6-12(2)9-16(20)19-17/h4-9H,1-3H3. The van der Waals surface area contributed by atoms with Crippen molar-refractivity contribution in [1.29, 1.82) is 5.26 Å². The molecule has 0 amide bonds. The summed E-state index contributed by atoms with van der Waals surface area (Å²) < 4.78 is 1.85. The highest BCUT2D eigenvalue weighted by molar-refractivity contribution is 5.72. The average molecular weight is 261 g/mol. The lowest BCUT2D eigenvalue weighted by molar-refractivity contribution is 1.14. The smallest absolute Gasteiger partial charge is 0.152 e. The summed E-state index contributed by atoms with van der Waals surface area (Å²) in [5.74, 6) is 0. The monoisotopic (exact) mass is 261 g/mol. The van der Waals surface area contributed by atoms with Gasteiger partial charge >= 0.3 is 0 Å². The van der Waals surface area contributed by atoms with Crippen LogP contribution in [0.4, 0.5) is 0 Å². The first kappa shape index (κ1) is 12.4. The number of nitrogens with zero attached hydrogens (tertiary/aromatic N) is 3. The average Bonchev–Trinajstić information content (AvgIpc) is 2.75. The van der Waals surface area contributed by atoms with Crippen LogP contribution in [0.5, 0.6) is 0 Å². The lowest BCUT2D eigenvalue weighted by atomic mass is 10.0. The van der Waals surface area contributed by atoms with Crippen molar-refractivity contribution in [3.63, 3.8) is 0 Å². The topological polar surface area (TPSA) is 41.1 Å². The van der Waals surface area contributed by atoms with Gasteiger partial charge in [-0.15, -0.1) is 0 Å². The fourth-order valence-electron chi connectivity index (χ4n) is 2.52. The van der Waals surface area contributed by atoms with E-state index in [0.29, 0.717) is 5.69 Å². The maximum Gasteiger partial charge on any atom is 0.152 e. The van der Waals surface area contributed by atoms with Gasteiger partial charge in [-0.1, -0.05) is 23.8 Å². The molecule has 3 aromatic rings. The molecule has 2 heterocycles. The van der Waals surface area contributed by atoms with Crippen molar-refractivity contribution in [3.05, 3.63) is 58.9 Å². The number of hydrogen-bond acceptors (Lipinski definition) is 2. The predicted molar refractivity (Wildman–Crippen MR) is 79.6 cm³/mol. The molecule has 0 unspecified atom stereocenters. The van der Waals surface area contributed by atoms with Crippen LogP contribution in [0.25, 0.3) is 16.9 Å². The van der Waals surface area contributed by atoms with Crippen molar-refractivity contribution in [3.8, 4) is 17.3 Å². The lowest BCUT2D eigenvalue weighted by Gasteiger charge is -2.04. The summed E-state index contributed by atoms with van der Waals surface area (Å²) in [6.07, 6.45) is 1.91. The quantitative estimate of drug-likeness (QED) is 0.668. The Bertz CT molecular complexity index is 851. The minimum absolute atomic E-state index is 0.590. The molecule has 1 aromatic carbocycles. The Hall–Kier alpha value is -2.60. The molecule has 0 saturated carbocycles. The van der Waals surface area contributed by atoms with Crippen molar-refractivity contribution in [2.24, 2.45) is 0 Å². The largest absolute Gasteiger partial charge is 0.291 e. The molecule has 0 N–H and O–H groups in total. The highest BCUT2D eigenvalue weighted by atomic mass is 15.0. The molecule has 0 radical (unpaired) electrons. The van der Waals surface area contributed by atoms with Crippen LogP contribution >= 0.6 is 0 Å². The summed E-state index contributed by atoms with van der Waals surface area (Å²) >= 11 is 0. The zero-order chi connectivity index (χ0) is 14.3. The van der Waals surface area contributed by atoms with Crippen LogP contribution in [0.15, 0.2) is 36.5 Å². The Kier molecular flexibility index (Phi) is 2.80. The maximum atomic E-state index is 9.47. The number of nitriles is 1. The summed E-state index contributed by atoms with van der Waals surface area (Å²) in [6.45, 7) is 6.14. The van der Waals surface area contributed by atoms with Crippen molar-refractivity contribution in [2.45, 2.75) is 20.8 Å². The van der Waals surface area contributed by atoms with Gasteiger partial charge in [-0.2, -0.15) is 5.26 Å². The van der Waals surface area contributed by atoms with Gasteiger partial charge in [0.1, 0.15) is 17.4 Å². The molecule has 3 nitrogen and oxygen atoms in total. The zero-order valence-corrected chi connectivity index (χ0v) is 11.8. The Morgan fingerprint density at radius 3 is 2.50 bits per heavy atom. The highest BCUT2D eigenvalue weighted by Crippen LogP contribution is 2.27. The van der Waals surface area contributed by atoms with Gasteiger partial charge in [0.2, 0.25) is 0 Å². The molecule has 0 fully saturated rings. The van der Waals surface area contributed by atoms with E-state index in [-0.39, 0.29) is 0 Å². The minimum atomic E-state index is 0.590. The van der Waals surface area contributed by atoms with Gasteiger partial charge in [-0.25, -0.2) is 4.98 Å². The van der Waals surface area contributed by atoms with Crippen LogP contribution < -0.4 is 0 Å². The van der Waals surface area contributed by atoms with Gasteiger partial charge in [0.05, 0.1) is 0 Å². The molecule has 0 bridgehead atoms. The van der Waals surface area contributed by atoms with E-state index in [9.17, 15) is 5.26 Å². The van der Waals surface area contributed by atoms with Gasteiger partial charge < -0.3 is 0 Å². The first-order valence-electron chi connectivity index (χ1n) is 6.56. The first-order chi connectivity index (χ1) is 9.60. The van der Waals surface area contributed by atoms with E-state index >= 15 is 0 Å². The van der Waals surface area contributed by atoms with E-state index < -0.39 is 0 Å². The van der Waals surface area contributed by atoms with Gasteiger partial charge in [-0.05, 0) is 44.0 Å². The summed E-state index contributed by atoms with van der Waals surface area (Å²) in [7, 11) is 0. The third-order valence-electron chi connectivity index (χ3n) is 3.52. The van der Waals surface area contributed by atoms with Crippen LogP contribution in [-0.4, -0.2) is 9.38 Å². The Balaban J connectivity index is 2.33. The SMILES string of the molecule is Cc1ccc(-c2nc3cc(C)ccn3c2C#N)c(C)c1. The second-order valence-electron chi connectivity index (χ2n) is 5.17. The molecule has 3 rings (SSSR count). The van der Waals surface area contributed by atoms with Crippen LogP contribution in [-0.2, 0) is 0 Å². The van der Waals surface area contributed by atoms with E-state index in [1.165, 1.54) is 5.56 Å². The van der Waals surface area contributed by atoms with Crippen LogP contribution in [0.3, 0.4) is 0 Å². The third kappa shape index (κ3) is 1.86. The third-order valence-corrected chi connectivity index (χ3v) is 3.52. The highest BCUT2D eigenvalue weighted by Gasteiger charge is 2.15. The Morgan fingerprint density at radius 1 is 1.05 bits per heavy atom. The van der Waals surface area contributed by atoms with Crippen molar-refractivity contribution in [2.75, 3.05) is 0 Å². The summed E-state index contributed by atoms with van der Waals surface area (Å²) in [5, 5.41) is 9.47. The second kappa shape index (κ2) is 4.50. The van der Waals surface area contributed by atoms with E-state index in [1.807, 2.05) is 35.7 Å². The predicted octanol–water partition coefficient (Wildman–Crippen LogP) is 3.80. The van der Waals surface area contributed by atoms with E-state index in [1.54, 1.807) is 0 Å². The van der Waals surface area contributed by atoms with E-state index in [0.717, 1.165) is 28.0 Å². The number of imidazole rings is 1.